The molecule has 15 heavy (non-hydrogen) atoms. The monoisotopic (exact) mass is 206 g/mol. The van der Waals surface area contributed by atoms with E-state index < -0.39 is 7.12 Å². The van der Waals surface area contributed by atoms with Crippen molar-refractivity contribution < 1.29 is 18.9 Å². The fourth-order valence-corrected chi connectivity index (χ4v) is 1.32. The van der Waals surface area contributed by atoms with Crippen molar-refractivity contribution in [2.24, 2.45) is 0 Å². The molecule has 0 saturated heterocycles. The largest absolute Gasteiger partial charge is 0.526 e. The summed E-state index contributed by atoms with van der Waals surface area (Å²) in [6, 6.07) is 7.59. The first-order valence-corrected chi connectivity index (χ1v) is 4.38. The van der Waals surface area contributed by atoms with Gasteiger partial charge in [-0.15, -0.1) is 0 Å². The van der Waals surface area contributed by atoms with Gasteiger partial charge in [0, 0.05) is 11.1 Å². The summed E-state index contributed by atoms with van der Waals surface area (Å²) in [6.45, 7) is 0. The standard InChI is InChI=1S/C10H8BFO3/c12-9-4-2-1-3-8(9)7-5-10(11(13)14)15-6-7/h1-6,13-14H. The molecule has 0 amide bonds. The quantitative estimate of drug-likeness (QED) is 0.713. The molecular formula is C10H8BFO3. The van der Waals surface area contributed by atoms with Gasteiger partial charge in [-0.25, -0.2) is 4.39 Å². The summed E-state index contributed by atoms with van der Waals surface area (Å²) in [5.74, 6) is -0.378. The van der Waals surface area contributed by atoms with E-state index >= 15 is 0 Å². The minimum atomic E-state index is -1.68. The third kappa shape index (κ3) is 1.93. The summed E-state index contributed by atoms with van der Waals surface area (Å²) in [4.78, 5) is 0. The van der Waals surface area contributed by atoms with Crippen molar-refractivity contribution >= 4 is 12.8 Å². The maximum absolute atomic E-state index is 13.3. The predicted molar refractivity (Wildman–Crippen MR) is 53.9 cm³/mol. The van der Waals surface area contributed by atoms with Crippen LogP contribution in [0.15, 0.2) is 41.0 Å². The van der Waals surface area contributed by atoms with E-state index in [0.29, 0.717) is 11.1 Å². The van der Waals surface area contributed by atoms with Crippen LogP contribution in [0.2, 0.25) is 0 Å². The SMILES string of the molecule is OB(O)c1cc(-c2ccccc2F)co1. The van der Waals surface area contributed by atoms with E-state index in [-0.39, 0.29) is 11.5 Å². The Hall–Kier alpha value is -1.59. The van der Waals surface area contributed by atoms with Gasteiger partial charge in [0.25, 0.3) is 0 Å². The Balaban J connectivity index is 2.42. The molecule has 0 atom stereocenters. The Kier molecular flexibility index (Phi) is 2.57. The Morgan fingerprint density at radius 3 is 2.53 bits per heavy atom. The second-order valence-corrected chi connectivity index (χ2v) is 3.09. The molecule has 2 aromatic rings. The topological polar surface area (TPSA) is 53.6 Å². The van der Waals surface area contributed by atoms with Crippen molar-refractivity contribution in [3.05, 3.63) is 42.4 Å². The van der Waals surface area contributed by atoms with Crippen LogP contribution in [0, 0.1) is 5.82 Å². The number of benzene rings is 1. The smallest absolute Gasteiger partial charge is 0.472 e. The molecule has 0 aliphatic carbocycles. The highest BCUT2D eigenvalue weighted by molar-refractivity contribution is 6.57. The summed E-state index contributed by atoms with van der Waals surface area (Å²) < 4.78 is 18.2. The molecule has 0 saturated carbocycles. The predicted octanol–water partition coefficient (Wildman–Crippen LogP) is 0.765. The molecule has 0 aliphatic rings. The molecule has 0 bridgehead atoms. The molecule has 1 heterocycles. The highest BCUT2D eigenvalue weighted by Gasteiger charge is 2.17. The summed E-state index contributed by atoms with van der Waals surface area (Å²) in [5, 5.41) is 17.6. The average Bonchev–Trinajstić information content (AvgIpc) is 2.67. The lowest BCUT2D eigenvalue weighted by atomic mass is 9.87. The molecule has 1 aromatic heterocycles. The third-order valence-electron chi connectivity index (χ3n) is 2.06. The third-order valence-corrected chi connectivity index (χ3v) is 2.06. The van der Waals surface area contributed by atoms with Gasteiger partial charge < -0.3 is 14.5 Å². The fourth-order valence-electron chi connectivity index (χ4n) is 1.32. The molecule has 5 heteroatoms. The van der Waals surface area contributed by atoms with E-state index in [1.54, 1.807) is 18.2 Å². The number of hydrogen-bond acceptors (Lipinski definition) is 3. The number of rotatable bonds is 2. The van der Waals surface area contributed by atoms with E-state index in [1.807, 2.05) is 0 Å². The van der Waals surface area contributed by atoms with Gasteiger partial charge in [-0.1, -0.05) is 18.2 Å². The Labute approximate surface area is 85.9 Å². The highest BCUT2D eigenvalue weighted by atomic mass is 19.1. The molecule has 76 valence electrons. The van der Waals surface area contributed by atoms with Crippen LogP contribution in [0.25, 0.3) is 11.1 Å². The van der Waals surface area contributed by atoms with Gasteiger partial charge in [0.15, 0.2) is 0 Å². The van der Waals surface area contributed by atoms with Crippen LogP contribution >= 0.6 is 0 Å². The molecule has 3 nitrogen and oxygen atoms in total. The van der Waals surface area contributed by atoms with Crippen molar-refractivity contribution in [3.63, 3.8) is 0 Å². The zero-order valence-electron chi connectivity index (χ0n) is 7.72. The summed E-state index contributed by atoms with van der Waals surface area (Å²) in [6.07, 6.45) is 1.28. The molecule has 0 unspecified atom stereocenters. The molecule has 0 aliphatic heterocycles. The maximum atomic E-state index is 13.3. The first-order chi connectivity index (χ1) is 7.18. The van der Waals surface area contributed by atoms with Crippen molar-refractivity contribution in [3.8, 4) is 11.1 Å². The number of hydrogen-bond donors (Lipinski definition) is 2. The zero-order valence-corrected chi connectivity index (χ0v) is 7.72. The van der Waals surface area contributed by atoms with Crippen LogP contribution in [0.1, 0.15) is 0 Å². The van der Waals surface area contributed by atoms with E-state index in [2.05, 4.69) is 0 Å². The molecular weight excluding hydrogens is 198 g/mol. The first-order valence-electron chi connectivity index (χ1n) is 4.38. The second kappa shape index (κ2) is 3.88. The normalized spacial score (nSPS) is 10.3. The minimum absolute atomic E-state index is 0.00625. The average molecular weight is 206 g/mol. The van der Waals surface area contributed by atoms with E-state index in [9.17, 15) is 4.39 Å². The van der Waals surface area contributed by atoms with Crippen molar-refractivity contribution in [1.29, 1.82) is 0 Å². The highest BCUT2D eigenvalue weighted by Crippen LogP contribution is 2.21. The van der Waals surface area contributed by atoms with E-state index in [1.165, 1.54) is 18.4 Å². The number of halogens is 1. The van der Waals surface area contributed by atoms with Gasteiger partial charge in [0.1, 0.15) is 11.5 Å². The summed E-state index contributed by atoms with van der Waals surface area (Å²) in [7, 11) is -1.68. The molecule has 0 spiro atoms. The van der Waals surface area contributed by atoms with E-state index in [0.717, 1.165) is 0 Å². The van der Waals surface area contributed by atoms with Crippen LogP contribution in [0.5, 0.6) is 0 Å². The van der Waals surface area contributed by atoms with Crippen LogP contribution in [0.3, 0.4) is 0 Å². The maximum Gasteiger partial charge on any atom is 0.526 e. The molecule has 2 rings (SSSR count). The van der Waals surface area contributed by atoms with Gasteiger partial charge >= 0.3 is 7.12 Å². The lowest BCUT2D eigenvalue weighted by Crippen LogP contribution is -2.27. The second-order valence-electron chi connectivity index (χ2n) is 3.09. The van der Waals surface area contributed by atoms with Crippen molar-refractivity contribution in [1.82, 2.24) is 0 Å². The lowest BCUT2D eigenvalue weighted by molar-refractivity contribution is 0.409. The minimum Gasteiger partial charge on any atom is -0.472 e. The van der Waals surface area contributed by atoms with Crippen LogP contribution < -0.4 is 5.66 Å². The molecule has 0 fully saturated rings. The molecule has 1 aromatic carbocycles. The molecule has 2 N–H and O–H groups in total. The Bertz CT molecular complexity index is 467. The van der Waals surface area contributed by atoms with Crippen LogP contribution in [-0.4, -0.2) is 17.2 Å². The van der Waals surface area contributed by atoms with Crippen LogP contribution in [-0.2, 0) is 0 Å². The number of furan rings is 1. The van der Waals surface area contributed by atoms with Crippen LogP contribution in [0.4, 0.5) is 4.39 Å². The van der Waals surface area contributed by atoms with Gasteiger partial charge in [-0.2, -0.15) is 0 Å². The van der Waals surface area contributed by atoms with Gasteiger partial charge in [0.2, 0.25) is 0 Å². The van der Waals surface area contributed by atoms with Gasteiger partial charge in [-0.3, -0.25) is 0 Å². The molecule has 0 radical (unpaired) electrons. The Morgan fingerprint density at radius 1 is 1.20 bits per heavy atom. The van der Waals surface area contributed by atoms with E-state index in [4.69, 9.17) is 14.5 Å². The summed E-state index contributed by atoms with van der Waals surface area (Å²) in [5.41, 5.74) is 0.845. The first kappa shape index (κ1) is 9.95. The summed E-state index contributed by atoms with van der Waals surface area (Å²) >= 11 is 0. The van der Waals surface area contributed by atoms with Gasteiger partial charge in [-0.05, 0) is 12.1 Å². The van der Waals surface area contributed by atoms with Crippen molar-refractivity contribution in [2.45, 2.75) is 0 Å². The zero-order chi connectivity index (χ0) is 10.8. The fraction of sp³-hybridized carbons (Fsp3) is 0. The lowest BCUT2D eigenvalue weighted by Gasteiger charge is -1.97. The Morgan fingerprint density at radius 2 is 1.93 bits per heavy atom. The van der Waals surface area contributed by atoms with Gasteiger partial charge in [0.05, 0.1) is 6.26 Å². The van der Waals surface area contributed by atoms with Crippen molar-refractivity contribution in [2.75, 3.05) is 0 Å².